The number of nitrogens with one attached hydrogen (secondary N) is 1. The van der Waals surface area contributed by atoms with Crippen LogP contribution in [-0.4, -0.2) is 25.8 Å². The summed E-state index contributed by atoms with van der Waals surface area (Å²) in [5, 5.41) is 3.45. The Kier molecular flexibility index (Phi) is 4.03. The lowest BCUT2D eigenvalue weighted by Crippen LogP contribution is -2.65. The summed E-state index contributed by atoms with van der Waals surface area (Å²) in [5.74, 6) is 0.709. The molecule has 2 rings (SSSR count). The van der Waals surface area contributed by atoms with Gasteiger partial charge >= 0.3 is 0 Å². The molecule has 0 aliphatic carbocycles. The van der Waals surface area contributed by atoms with Crippen LogP contribution in [0.4, 0.5) is 0 Å². The van der Waals surface area contributed by atoms with E-state index in [2.05, 4.69) is 57.3 Å². The van der Waals surface area contributed by atoms with E-state index < -0.39 is 0 Å². The molecule has 2 nitrogen and oxygen atoms in total. The molecule has 0 amide bonds. The molecule has 0 aromatic heterocycles. The zero-order valence-corrected chi connectivity index (χ0v) is 12.9. The summed E-state index contributed by atoms with van der Waals surface area (Å²) in [6.45, 7) is 10.7. The Hall–Kier alpha value is -0.860. The molecule has 1 fully saturated rings. The monoisotopic (exact) mass is 261 g/mol. The maximum Gasteiger partial charge on any atom is 0.0603 e. The Morgan fingerprint density at radius 3 is 2.16 bits per heavy atom. The van der Waals surface area contributed by atoms with Crippen LogP contribution in [0.25, 0.3) is 0 Å². The molecule has 0 bridgehead atoms. The quantitative estimate of drug-likeness (QED) is 0.879. The summed E-state index contributed by atoms with van der Waals surface area (Å²) >= 11 is 0. The van der Waals surface area contributed by atoms with E-state index in [0.717, 1.165) is 19.6 Å². The standard InChI is InChI=1S/C17H27NO/c1-13(2)10-14-6-8-15(9-7-14)17(11-19-12-17)16(3,4)18-5/h6-9,13,18H,10-12H2,1-5H3. The third kappa shape index (κ3) is 2.56. The highest BCUT2D eigenvalue weighted by atomic mass is 16.5. The molecule has 1 heterocycles. The lowest BCUT2D eigenvalue weighted by Gasteiger charge is -2.52. The average Bonchev–Trinajstić information content (AvgIpc) is 2.29. The lowest BCUT2D eigenvalue weighted by atomic mass is 9.65. The van der Waals surface area contributed by atoms with Gasteiger partial charge in [-0.05, 0) is 44.4 Å². The van der Waals surface area contributed by atoms with Crippen molar-refractivity contribution in [1.82, 2.24) is 5.32 Å². The Labute approximate surface area is 117 Å². The van der Waals surface area contributed by atoms with Gasteiger partial charge in [0.25, 0.3) is 0 Å². The van der Waals surface area contributed by atoms with Crippen LogP contribution in [-0.2, 0) is 16.6 Å². The van der Waals surface area contributed by atoms with Crippen molar-refractivity contribution in [2.75, 3.05) is 20.3 Å². The van der Waals surface area contributed by atoms with Crippen molar-refractivity contribution in [3.8, 4) is 0 Å². The largest absolute Gasteiger partial charge is 0.379 e. The molecular weight excluding hydrogens is 234 g/mol. The summed E-state index contributed by atoms with van der Waals surface area (Å²) in [4.78, 5) is 0. The fourth-order valence-corrected chi connectivity index (χ4v) is 2.87. The second-order valence-corrected chi connectivity index (χ2v) is 6.74. The molecule has 1 N–H and O–H groups in total. The summed E-state index contributed by atoms with van der Waals surface area (Å²) in [6.07, 6.45) is 1.15. The van der Waals surface area contributed by atoms with Crippen LogP contribution in [0.2, 0.25) is 0 Å². The first-order valence-corrected chi connectivity index (χ1v) is 7.27. The summed E-state index contributed by atoms with van der Waals surface area (Å²) in [5.41, 5.74) is 2.98. The second-order valence-electron chi connectivity index (χ2n) is 6.74. The molecule has 0 atom stereocenters. The van der Waals surface area contributed by atoms with Gasteiger partial charge in [0, 0.05) is 5.54 Å². The zero-order chi connectivity index (χ0) is 14.1. The molecule has 1 aliphatic rings. The van der Waals surface area contributed by atoms with Crippen molar-refractivity contribution < 1.29 is 4.74 Å². The van der Waals surface area contributed by atoms with Gasteiger partial charge in [-0.1, -0.05) is 38.1 Å². The van der Waals surface area contributed by atoms with Crippen LogP contribution < -0.4 is 5.32 Å². The Balaban J connectivity index is 2.25. The highest BCUT2D eigenvalue weighted by Crippen LogP contribution is 2.41. The summed E-state index contributed by atoms with van der Waals surface area (Å²) < 4.78 is 5.54. The third-order valence-electron chi connectivity index (χ3n) is 4.67. The molecule has 0 unspecified atom stereocenters. The van der Waals surface area contributed by atoms with Crippen molar-refractivity contribution in [3.05, 3.63) is 35.4 Å². The maximum atomic E-state index is 5.54. The van der Waals surface area contributed by atoms with E-state index in [4.69, 9.17) is 4.74 Å². The van der Waals surface area contributed by atoms with Crippen molar-refractivity contribution >= 4 is 0 Å². The number of rotatable bonds is 5. The van der Waals surface area contributed by atoms with Gasteiger partial charge in [-0.25, -0.2) is 0 Å². The number of hydrogen-bond donors (Lipinski definition) is 1. The number of likely N-dealkylation sites (N-methyl/N-ethyl adjacent to an activating group) is 1. The molecule has 0 saturated carbocycles. The van der Waals surface area contributed by atoms with E-state index in [0.29, 0.717) is 5.92 Å². The Morgan fingerprint density at radius 2 is 1.79 bits per heavy atom. The number of ether oxygens (including phenoxy) is 1. The molecular formula is C17H27NO. The smallest absolute Gasteiger partial charge is 0.0603 e. The maximum absolute atomic E-state index is 5.54. The van der Waals surface area contributed by atoms with Gasteiger partial charge in [0.1, 0.15) is 0 Å². The first-order chi connectivity index (χ1) is 8.91. The zero-order valence-electron chi connectivity index (χ0n) is 12.9. The third-order valence-corrected chi connectivity index (χ3v) is 4.67. The van der Waals surface area contributed by atoms with Crippen LogP contribution in [0.5, 0.6) is 0 Å². The molecule has 1 aromatic rings. The van der Waals surface area contributed by atoms with E-state index in [1.807, 2.05) is 7.05 Å². The second kappa shape index (κ2) is 5.26. The molecule has 1 saturated heterocycles. The lowest BCUT2D eigenvalue weighted by molar-refractivity contribution is -0.0991. The molecule has 1 aromatic carbocycles. The fourth-order valence-electron chi connectivity index (χ4n) is 2.87. The van der Waals surface area contributed by atoms with Gasteiger partial charge in [0.05, 0.1) is 18.6 Å². The molecule has 2 heteroatoms. The minimum atomic E-state index is 0.0464. The Bertz CT molecular complexity index is 415. The van der Waals surface area contributed by atoms with Crippen LogP contribution in [0, 0.1) is 5.92 Å². The van der Waals surface area contributed by atoms with Gasteiger partial charge in [-0.15, -0.1) is 0 Å². The van der Waals surface area contributed by atoms with Crippen molar-refractivity contribution in [3.63, 3.8) is 0 Å². The van der Waals surface area contributed by atoms with Gasteiger partial charge in [0.15, 0.2) is 0 Å². The Morgan fingerprint density at radius 1 is 1.21 bits per heavy atom. The molecule has 1 aliphatic heterocycles. The fraction of sp³-hybridized carbons (Fsp3) is 0.647. The van der Waals surface area contributed by atoms with E-state index in [1.165, 1.54) is 11.1 Å². The molecule has 0 radical (unpaired) electrons. The number of hydrogen-bond acceptors (Lipinski definition) is 2. The highest BCUT2D eigenvalue weighted by molar-refractivity contribution is 5.35. The molecule has 19 heavy (non-hydrogen) atoms. The first kappa shape index (κ1) is 14.5. The topological polar surface area (TPSA) is 21.3 Å². The van der Waals surface area contributed by atoms with Crippen molar-refractivity contribution in [1.29, 1.82) is 0 Å². The van der Waals surface area contributed by atoms with Crippen LogP contribution in [0.1, 0.15) is 38.8 Å². The van der Waals surface area contributed by atoms with Gasteiger partial charge in [0.2, 0.25) is 0 Å². The van der Waals surface area contributed by atoms with Crippen LogP contribution in [0.15, 0.2) is 24.3 Å². The SMILES string of the molecule is CNC(C)(C)C1(c2ccc(CC(C)C)cc2)COC1. The average molecular weight is 261 g/mol. The van der Waals surface area contributed by atoms with Gasteiger partial charge < -0.3 is 10.1 Å². The summed E-state index contributed by atoms with van der Waals surface area (Å²) in [6, 6.07) is 9.14. The van der Waals surface area contributed by atoms with Gasteiger partial charge in [-0.2, -0.15) is 0 Å². The highest BCUT2D eigenvalue weighted by Gasteiger charge is 2.51. The van der Waals surface area contributed by atoms with E-state index in [1.54, 1.807) is 0 Å². The summed E-state index contributed by atoms with van der Waals surface area (Å²) in [7, 11) is 2.03. The van der Waals surface area contributed by atoms with Crippen LogP contribution >= 0.6 is 0 Å². The van der Waals surface area contributed by atoms with E-state index in [-0.39, 0.29) is 11.0 Å². The van der Waals surface area contributed by atoms with E-state index >= 15 is 0 Å². The van der Waals surface area contributed by atoms with Crippen molar-refractivity contribution in [2.24, 2.45) is 5.92 Å². The minimum Gasteiger partial charge on any atom is -0.379 e. The number of benzene rings is 1. The first-order valence-electron chi connectivity index (χ1n) is 7.27. The van der Waals surface area contributed by atoms with E-state index in [9.17, 15) is 0 Å². The molecule has 0 spiro atoms. The molecule has 106 valence electrons. The predicted molar refractivity (Wildman–Crippen MR) is 80.6 cm³/mol. The predicted octanol–water partition coefficient (Wildman–Crippen LogP) is 3.15. The van der Waals surface area contributed by atoms with Crippen molar-refractivity contribution in [2.45, 2.75) is 45.1 Å². The van der Waals surface area contributed by atoms with Gasteiger partial charge in [-0.3, -0.25) is 0 Å². The normalized spacial score (nSPS) is 18.4. The van der Waals surface area contributed by atoms with Crippen LogP contribution in [0.3, 0.4) is 0 Å². The minimum absolute atomic E-state index is 0.0464.